The molecule has 17 heavy (non-hydrogen) atoms. The zero-order valence-electron chi connectivity index (χ0n) is 11.6. The molecule has 0 bridgehead atoms. The quantitative estimate of drug-likeness (QED) is 0.824. The average molecular weight is 236 g/mol. The lowest BCUT2D eigenvalue weighted by molar-refractivity contribution is 0.390. The average Bonchev–Trinajstić information content (AvgIpc) is 2.27. The Morgan fingerprint density at radius 2 is 2.00 bits per heavy atom. The van der Waals surface area contributed by atoms with E-state index in [2.05, 4.69) is 31.1 Å². The highest BCUT2D eigenvalue weighted by molar-refractivity contribution is 5.26. The Balaban J connectivity index is 2.49. The highest BCUT2D eigenvalue weighted by Crippen LogP contribution is 2.13. The van der Waals surface area contributed by atoms with Gasteiger partial charge in [0.05, 0.1) is 12.8 Å². The van der Waals surface area contributed by atoms with Crippen LogP contribution in [0.4, 0.5) is 0 Å². The molecule has 3 nitrogen and oxygen atoms in total. The van der Waals surface area contributed by atoms with Crippen LogP contribution in [0.2, 0.25) is 0 Å². The SMILES string of the molecule is COc1cc(C)nc(CNCC(C)C(C)C)c1. The van der Waals surface area contributed by atoms with Crippen LogP contribution >= 0.6 is 0 Å². The fraction of sp³-hybridized carbons (Fsp3) is 0.643. The number of aromatic nitrogens is 1. The number of hydrogen-bond acceptors (Lipinski definition) is 3. The maximum atomic E-state index is 5.23. The Morgan fingerprint density at radius 1 is 1.29 bits per heavy atom. The summed E-state index contributed by atoms with van der Waals surface area (Å²) in [6.45, 7) is 10.6. The molecule has 0 aliphatic carbocycles. The van der Waals surface area contributed by atoms with E-state index in [9.17, 15) is 0 Å². The maximum Gasteiger partial charge on any atom is 0.122 e. The molecular formula is C14H24N2O. The number of hydrogen-bond donors (Lipinski definition) is 1. The van der Waals surface area contributed by atoms with Gasteiger partial charge >= 0.3 is 0 Å². The summed E-state index contributed by atoms with van der Waals surface area (Å²) >= 11 is 0. The van der Waals surface area contributed by atoms with E-state index in [1.165, 1.54) is 0 Å². The van der Waals surface area contributed by atoms with Gasteiger partial charge in [-0.25, -0.2) is 0 Å². The second-order valence-corrected chi connectivity index (χ2v) is 4.99. The Hall–Kier alpha value is -1.09. The van der Waals surface area contributed by atoms with Crippen LogP contribution in [-0.2, 0) is 6.54 Å². The summed E-state index contributed by atoms with van der Waals surface area (Å²) in [7, 11) is 1.69. The number of rotatable bonds is 6. The molecule has 1 heterocycles. The van der Waals surface area contributed by atoms with Crippen molar-refractivity contribution in [3.05, 3.63) is 23.5 Å². The van der Waals surface area contributed by atoms with Crippen molar-refractivity contribution in [3.63, 3.8) is 0 Å². The highest BCUT2D eigenvalue weighted by Gasteiger charge is 2.06. The van der Waals surface area contributed by atoms with E-state index in [4.69, 9.17) is 4.74 Å². The predicted molar refractivity (Wildman–Crippen MR) is 71.2 cm³/mol. The van der Waals surface area contributed by atoms with Crippen molar-refractivity contribution in [3.8, 4) is 5.75 Å². The fourth-order valence-corrected chi connectivity index (χ4v) is 1.57. The van der Waals surface area contributed by atoms with Crippen LogP contribution in [0, 0.1) is 18.8 Å². The van der Waals surface area contributed by atoms with E-state index in [0.717, 1.165) is 30.2 Å². The standard InChI is InChI=1S/C14H24N2O/c1-10(2)11(3)8-15-9-13-7-14(17-5)6-12(4)16-13/h6-7,10-11,15H,8-9H2,1-5H3. The Kier molecular flexibility index (Phi) is 5.42. The van der Waals surface area contributed by atoms with Crippen LogP contribution in [0.1, 0.15) is 32.2 Å². The van der Waals surface area contributed by atoms with E-state index in [-0.39, 0.29) is 0 Å². The van der Waals surface area contributed by atoms with Gasteiger partial charge in [0, 0.05) is 24.4 Å². The summed E-state index contributed by atoms with van der Waals surface area (Å²) in [6.07, 6.45) is 0. The summed E-state index contributed by atoms with van der Waals surface area (Å²) in [5, 5.41) is 3.44. The summed E-state index contributed by atoms with van der Waals surface area (Å²) in [6, 6.07) is 3.93. The number of methoxy groups -OCH3 is 1. The zero-order chi connectivity index (χ0) is 12.8. The van der Waals surface area contributed by atoms with Crippen LogP contribution in [-0.4, -0.2) is 18.6 Å². The van der Waals surface area contributed by atoms with E-state index in [0.29, 0.717) is 11.8 Å². The first kappa shape index (κ1) is 14.0. The largest absolute Gasteiger partial charge is 0.497 e. The van der Waals surface area contributed by atoms with Gasteiger partial charge in [0.15, 0.2) is 0 Å². The normalized spacial score (nSPS) is 12.8. The van der Waals surface area contributed by atoms with Gasteiger partial charge in [-0.15, -0.1) is 0 Å². The highest BCUT2D eigenvalue weighted by atomic mass is 16.5. The third kappa shape index (κ3) is 4.73. The molecule has 0 aromatic carbocycles. The van der Waals surface area contributed by atoms with Gasteiger partial charge in [-0.05, 0) is 25.3 Å². The van der Waals surface area contributed by atoms with Crippen molar-refractivity contribution in [2.75, 3.05) is 13.7 Å². The zero-order valence-corrected chi connectivity index (χ0v) is 11.6. The summed E-state index contributed by atoms with van der Waals surface area (Å²) in [4.78, 5) is 4.48. The monoisotopic (exact) mass is 236 g/mol. The van der Waals surface area contributed by atoms with Crippen molar-refractivity contribution in [1.29, 1.82) is 0 Å². The van der Waals surface area contributed by atoms with Crippen LogP contribution in [0.3, 0.4) is 0 Å². The molecule has 0 amide bonds. The van der Waals surface area contributed by atoms with Crippen LogP contribution in [0.5, 0.6) is 5.75 Å². The number of pyridine rings is 1. The first-order valence-corrected chi connectivity index (χ1v) is 6.25. The van der Waals surface area contributed by atoms with E-state index >= 15 is 0 Å². The molecule has 1 aromatic rings. The van der Waals surface area contributed by atoms with Crippen molar-refractivity contribution < 1.29 is 4.74 Å². The van der Waals surface area contributed by atoms with Gasteiger partial charge in [0.25, 0.3) is 0 Å². The Morgan fingerprint density at radius 3 is 2.59 bits per heavy atom. The molecule has 1 aromatic heterocycles. The Labute approximate surface area is 105 Å². The minimum atomic E-state index is 0.682. The molecule has 96 valence electrons. The molecule has 0 fully saturated rings. The molecule has 1 unspecified atom stereocenters. The number of ether oxygens (including phenoxy) is 1. The first-order valence-electron chi connectivity index (χ1n) is 6.25. The summed E-state index contributed by atoms with van der Waals surface area (Å²) in [5.41, 5.74) is 2.04. The van der Waals surface area contributed by atoms with Crippen molar-refractivity contribution in [2.45, 2.75) is 34.2 Å². The smallest absolute Gasteiger partial charge is 0.122 e. The lowest BCUT2D eigenvalue weighted by Crippen LogP contribution is -2.24. The van der Waals surface area contributed by atoms with Gasteiger partial charge in [-0.2, -0.15) is 0 Å². The molecule has 0 aliphatic rings. The Bertz CT molecular complexity index is 350. The molecule has 0 saturated heterocycles. The van der Waals surface area contributed by atoms with Crippen molar-refractivity contribution in [1.82, 2.24) is 10.3 Å². The molecule has 1 N–H and O–H groups in total. The molecular weight excluding hydrogens is 212 g/mol. The van der Waals surface area contributed by atoms with E-state index in [1.54, 1.807) is 7.11 Å². The van der Waals surface area contributed by atoms with Crippen LogP contribution in [0.25, 0.3) is 0 Å². The molecule has 0 spiro atoms. The topological polar surface area (TPSA) is 34.1 Å². The lowest BCUT2D eigenvalue weighted by Gasteiger charge is -2.16. The third-order valence-corrected chi connectivity index (χ3v) is 3.13. The van der Waals surface area contributed by atoms with Crippen LogP contribution < -0.4 is 10.1 Å². The molecule has 0 saturated carbocycles. The van der Waals surface area contributed by atoms with Gasteiger partial charge in [0.2, 0.25) is 0 Å². The molecule has 0 aliphatic heterocycles. The summed E-state index contributed by atoms with van der Waals surface area (Å²) < 4.78 is 5.23. The van der Waals surface area contributed by atoms with E-state index < -0.39 is 0 Å². The fourth-order valence-electron chi connectivity index (χ4n) is 1.57. The van der Waals surface area contributed by atoms with Gasteiger partial charge in [-0.1, -0.05) is 20.8 Å². The first-order chi connectivity index (χ1) is 8.02. The molecule has 1 atom stereocenters. The van der Waals surface area contributed by atoms with Gasteiger partial charge in [0.1, 0.15) is 5.75 Å². The summed E-state index contributed by atoms with van der Waals surface area (Å²) in [5.74, 6) is 2.27. The van der Waals surface area contributed by atoms with Gasteiger partial charge in [-0.3, -0.25) is 4.98 Å². The minimum absolute atomic E-state index is 0.682. The molecule has 3 heteroatoms. The molecule has 0 radical (unpaired) electrons. The van der Waals surface area contributed by atoms with Crippen molar-refractivity contribution in [2.24, 2.45) is 11.8 Å². The third-order valence-electron chi connectivity index (χ3n) is 3.13. The molecule has 1 rings (SSSR count). The lowest BCUT2D eigenvalue weighted by atomic mass is 9.98. The number of nitrogens with one attached hydrogen (secondary N) is 1. The van der Waals surface area contributed by atoms with Crippen LogP contribution in [0.15, 0.2) is 12.1 Å². The van der Waals surface area contributed by atoms with Gasteiger partial charge < -0.3 is 10.1 Å². The van der Waals surface area contributed by atoms with E-state index in [1.807, 2.05) is 19.1 Å². The second-order valence-electron chi connectivity index (χ2n) is 4.99. The predicted octanol–water partition coefficient (Wildman–Crippen LogP) is 2.78. The van der Waals surface area contributed by atoms with Crippen molar-refractivity contribution >= 4 is 0 Å². The number of nitrogens with zero attached hydrogens (tertiary/aromatic N) is 1. The minimum Gasteiger partial charge on any atom is -0.497 e. The second kappa shape index (κ2) is 6.60. The number of aryl methyl sites for hydroxylation is 1. The maximum absolute atomic E-state index is 5.23.